The zero-order valence-electron chi connectivity index (χ0n) is 11.7. The summed E-state index contributed by atoms with van der Waals surface area (Å²) in [6.45, 7) is 1.57. The third kappa shape index (κ3) is 2.84. The number of hydrogen-bond donors (Lipinski definition) is 3. The Hall–Kier alpha value is -2.12. The molecular weight excluding hydrogens is 274 g/mol. The summed E-state index contributed by atoms with van der Waals surface area (Å²) in [5, 5.41) is 21.9. The number of amides is 2. The van der Waals surface area contributed by atoms with Crippen LogP contribution >= 0.6 is 0 Å². The van der Waals surface area contributed by atoms with Gasteiger partial charge in [0.25, 0.3) is 0 Å². The molecule has 0 aromatic carbocycles. The molecule has 2 heterocycles. The molecule has 0 unspecified atom stereocenters. The van der Waals surface area contributed by atoms with E-state index in [1.165, 1.54) is 4.90 Å². The van der Waals surface area contributed by atoms with Crippen LogP contribution in [0.3, 0.4) is 0 Å². The third-order valence-corrected chi connectivity index (χ3v) is 4.73. The number of hydrogen-bond acceptors (Lipinski definition) is 4. The van der Waals surface area contributed by atoms with Crippen molar-refractivity contribution in [3.05, 3.63) is 11.9 Å². The summed E-state index contributed by atoms with van der Waals surface area (Å²) in [6, 6.07) is 0. The predicted molar refractivity (Wildman–Crippen MR) is 72.2 cm³/mol. The average molecular weight is 293 g/mol. The highest BCUT2D eigenvalue weighted by molar-refractivity contribution is 5.79. The van der Waals surface area contributed by atoms with Gasteiger partial charge in [-0.05, 0) is 31.1 Å². The Kier molecular flexibility index (Phi) is 3.52. The fourth-order valence-electron chi connectivity index (χ4n) is 3.38. The number of piperidine rings is 1. The van der Waals surface area contributed by atoms with E-state index in [0.717, 1.165) is 25.7 Å². The lowest BCUT2D eigenvalue weighted by Crippen LogP contribution is -2.51. The minimum absolute atomic E-state index is 0.0493. The molecule has 8 nitrogen and oxygen atoms in total. The topological polar surface area (TPSA) is 111 Å². The van der Waals surface area contributed by atoms with Crippen LogP contribution in [0.4, 0.5) is 4.79 Å². The fourth-order valence-corrected chi connectivity index (χ4v) is 3.38. The number of carbonyl (C=O) groups is 2. The van der Waals surface area contributed by atoms with E-state index in [9.17, 15) is 9.59 Å². The number of likely N-dealkylation sites (tertiary alicyclic amines) is 1. The molecule has 3 rings (SSSR count). The monoisotopic (exact) mass is 293 g/mol. The fraction of sp³-hybridized carbons (Fsp3) is 0.692. The van der Waals surface area contributed by atoms with Crippen LogP contribution in [0.2, 0.25) is 0 Å². The maximum absolute atomic E-state index is 12.0. The summed E-state index contributed by atoms with van der Waals surface area (Å²) >= 11 is 0. The molecule has 114 valence electrons. The summed E-state index contributed by atoms with van der Waals surface area (Å²) in [7, 11) is 0. The second-order valence-corrected chi connectivity index (χ2v) is 6.05. The van der Waals surface area contributed by atoms with Gasteiger partial charge in [-0.2, -0.15) is 15.4 Å². The van der Waals surface area contributed by atoms with Crippen LogP contribution in [0, 0.1) is 11.3 Å². The lowest BCUT2D eigenvalue weighted by Gasteiger charge is -2.51. The Labute approximate surface area is 121 Å². The van der Waals surface area contributed by atoms with Crippen LogP contribution in [0.15, 0.2) is 6.20 Å². The Bertz CT molecular complexity index is 514. The van der Waals surface area contributed by atoms with Crippen LogP contribution in [0.5, 0.6) is 0 Å². The summed E-state index contributed by atoms with van der Waals surface area (Å²) < 4.78 is 0. The van der Waals surface area contributed by atoms with E-state index in [2.05, 4.69) is 20.7 Å². The summed E-state index contributed by atoms with van der Waals surface area (Å²) in [4.78, 5) is 24.4. The van der Waals surface area contributed by atoms with Crippen molar-refractivity contribution < 1.29 is 14.7 Å². The van der Waals surface area contributed by atoms with E-state index < -0.39 is 6.09 Å². The number of aromatic amines is 1. The maximum atomic E-state index is 12.0. The Morgan fingerprint density at radius 3 is 2.71 bits per heavy atom. The van der Waals surface area contributed by atoms with Crippen LogP contribution < -0.4 is 5.32 Å². The van der Waals surface area contributed by atoms with Crippen molar-refractivity contribution in [2.24, 2.45) is 11.3 Å². The number of H-pyrrole nitrogens is 1. The van der Waals surface area contributed by atoms with Crippen molar-refractivity contribution >= 4 is 12.0 Å². The number of nitrogens with one attached hydrogen (secondary N) is 2. The van der Waals surface area contributed by atoms with Crippen molar-refractivity contribution in [2.45, 2.75) is 32.2 Å². The molecule has 1 aromatic rings. The molecule has 1 aliphatic heterocycles. The van der Waals surface area contributed by atoms with Crippen molar-refractivity contribution in [2.75, 3.05) is 13.1 Å². The highest BCUT2D eigenvalue weighted by Crippen LogP contribution is 2.52. The molecule has 1 aromatic heterocycles. The van der Waals surface area contributed by atoms with Gasteiger partial charge in [0.1, 0.15) is 5.69 Å². The quantitative estimate of drug-likeness (QED) is 0.755. The molecule has 2 fully saturated rings. The molecule has 2 amide bonds. The van der Waals surface area contributed by atoms with Crippen LogP contribution in [-0.2, 0) is 11.3 Å². The maximum Gasteiger partial charge on any atom is 0.407 e. The number of rotatable bonds is 3. The molecule has 0 atom stereocenters. The molecule has 1 spiro atoms. The lowest BCUT2D eigenvalue weighted by atomic mass is 9.57. The first kappa shape index (κ1) is 13.8. The highest BCUT2D eigenvalue weighted by atomic mass is 16.4. The zero-order valence-corrected chi connectivity index (χ0v) is 11.7. The summed E-state index contributed by atoms with van der Waals surface area (Å²) in [5.41, 5.74) is 0.897. The molecule has 0 radical (unpaired) electrons. The lowest BCUT2D eigenvalue weighted by molar-refractivity contribution is -0.134. The largest absolute Gasteiger partial charge is 0.465 e. The second kappa shape index (κ2) is 5.34. The molecule has 1 saturated heterocycles. The van der Waals surface area contributed by atoms with Crippen molar-refractivity contribution in [1.29, 1.82) is 0 Å². The molecule has 1 saturated carbocycles. The van der Waals surface area contributed by atoms with E-state index >= 15 is 0 Å². The minimum atomic E-state index is -0.842. The van der Waals surface area contributed by atoms with Gasteiger partial charge in [0, 0.05) is 19.0 Å². The molecule has 21 heavy (non-hydrogen) atoms. The average Bonchev–Trinajstić information content (AvgIpc) is 2.95. The predicted octanol–water partition coefficient (Wildman–Crippen LogP) is 0.591. The second-order valence-electron chi connectivity index (χ2n) is 6.05. The van der Waals surface area contributed by atoms with Gasteiger partial charge in [0.2, 0.25) is 5.91 Å². The van der Waals surface area contributed by atoms with Gasteiger partial charge in [-0.1, -0.05) is 0 Å². The van der Waals surface area contributed by atoms with Crippen LogP contribution in [-0.4, -0.2) is 50.5 Å². The first-order chi connectivity index (χ1) is 10.1. The van der Waals surface area contributed by atoms with Crippen LogP contribution in [0.25, 0.3) is 0 Å². The van der Waals surface area contributed by atoms with Crippen LogP contribution in [0.1, 0.15) is 31.4 Å². The number of aromatic nitrogens is 3. The Morgan fingerprint density at radius 2 is 2.14 bits per heavy atom. The van der Waals surface area contributed by atoms with Crippen molar-refractivity contribution in [1.82, 2.24) is 25.6 Å². The van der Waals surface area contributed by atoms with Gasteiger partial charge in [-0.25, -0.2) is 4.79 Å². The standard InChI is InChI=1S/C13H19N5O3/c19-11(14-7-10-8-15-17-16-10)9-5-13(6-9)1-3-18(4-2-13)12(20)21/h8-9H,1-7H2,(H,14,19)(H,20,21)(H,15,16,17). The van der Waals surface area contributed by atoms with Gasteiger partial charge in [-0.3, -0.25) is 4.79 Å². The van der Waals surface area contributed by atoms with E-state index in [4.69, 9.17) is 5.11 Å². The van der Waals surface area contributed by atoms with E-state index in [1.54, 1.807) is 6.20 Å². The first-order valence-corrected chi connectivity index (χ1v) is 7.18. The van der Waals surface area contributed by atoms with Crippen molar-refractivity contribution in [3.8, 4) is 0 Å². The van der Waals surface area contributed by atoms with E-state index in [1.807, 2.05) is 0 Å². The van der Waals surface area contributed by atoms with Gasteiger partial charge in [0.15, 0.2) is 0 Å². The van der Waals surface area contributed by atoms with Gasteiger partial charge < -0.3 is 15.3 Å². The van der Waals surface area contributed by atoms with Gasteiger partial charge in [-0.15, -0.1) is 0 Å². The SMILES string of the molecule is O=C(NCc1cn[nH]n1)C1CC2(CCN(C(=O)O)CC2)C1. The molecule has 3 N–H and O–H groups in total. The molecule has 1 aliphatic carbocycles. The van der Waals surface area contributed by atoms with Gasteiger partial charge in [0.05, 0.1) is 12.7 Å². The highest BCUT2D eigenvalue weighted by Gasteiger charge is 2.48. The third-order valence-electron chi connectivity index (χ3n) is 4.73. The molecule has 0 bridgehead atoms. The summed E-state index contributed by atoms with van der Waals surface area (Å²) in [5.74, 6) is 0.109. The van der Waals surface area contributed by atoms with E-state index in [0.29, 0.717) is 25.3 Å². The number of nitrogens with zero attached hydrogens (tertiary/aromatic N) is 3. The molecule has 2 aliphatic rings. The van der Waals surface area contributed by atoms with Crippen molar-refractivity contribution in [3.63, 3.8) is 0 Å². The van der Waals surface area contributed by atoms with E-state index in [-0.39, 0.29) is 17.2 Å². The zero-order chi connectivity index (χ0) is 14.9. The normalized spacial score (nSPS) is 21.0. The molecule has 8 heteroatoms. The number of carbonyl (C=O) groups excluding carboxylic acids is 1. The Balaban J connectivity index is 1.43. The Morgan fingerprint density at radius 1 is 1.43 bits per heavy atom. The first-order valence-electron chi connectivity index (χ1n) is 7.18. The smallest absolute Gasteiger partial charge is 0.407 e. The van der Waals surface area contributed by atoms with Gasteiger partial charge >= 0.3 is 6.09 Å². The minimum Gasteiger partial charge on any atom is -0.465 e. The molecular formula is C13H19N5O3. The number of carboxylic acid groups (broad SMARTS) is 1. The summed E-state index contributed by atoms with van der Waals surface area (Å²) in [6.07, 6.45) is 4.21.